The zero-order chi connectivity index (χ0) is 15.1. The van der Waals surface area contributed by atoms with Crippen LogP contribution in [-0.2, 0) is 6.73 Å². The molecule has 0 aliphatic carbocycles. The Hall–Kier alpha value is -2.27. The van der Waals surface area contributed by atoms with Crippen molar-refractivity contribution in [2.45, 2.75) is 6.73 Å². The van der Waals surface area contributed by atoms with Gasteiger partial charge in [0.1, 0.15) is 10.4 Å². The molecule has 1 aliphatic heterocycles. The molecule has 0 N–H and O–H groups in total. The number of nitrogens with zero attached hydrogens (tertiary/aromatic N) is 2. The van der Waals surface area contributed by atoms with Crippen LogP contribution in [0.15, 0.2) is 53.1 Å². The van der Waals surface area contributed by atoms with Crippen molar-refractivity contribution in [2.75, 3.05) is 7.11 Å². The van der Waals surface area contributed by atoms with E-state index in [1.165, 1.54) is 0 Å². The lowest BCUT2D eigenvalue weighted by molar-refractivity contribution is 0.220. The van der Waals surface area contributed by atoms with E-state index in [1.54, 1.807) is 7.11 Å². The smallest absolute Gasteiger partial charge is 0.174 e. The van der Waals surface area contributed by atoms with Crippen LogP contribution in [0.4, 0.5) is 0 Å². The number of methoxy groups -OCH3 is 1. The zero-order valence-corrected chi connectivity index (χ0v) is 13.5. The molecule has 0 saturated carbocycles. The van der Waals surface area contributed by atoms with E-state index < -0.39 is 0 Å². The van der Waals surface area contributed by atoms with E-state index in [-0.39, 0.29) is 0 Å². The minimum atomic E-state index is 0.408. The largest absolute Gasteiger partial charge is 0.493 e. The molecule has 4 nitrogen and oxygen atoms in total. The third-order valence-corrected chi connectivity index (χ3v) is 4.30. The van der Waals surface area contributed by atoms with E-state index in [9.17, 15) is 0 Å². The normalized spacial score (nSPS) is 12.3. The SMILES string of the molecule is COc1cccc2c1OCn1c-2nc(Br)c1-c1ccccc1. The van der Waals surface area contributed by atoms with Crippen molar-refractivity contribution >= 4 is 15.9 Å². The first-order valence-corrected chi connectivity index (χ1v) is 7.70. The number of benzene rings is 2. The van der Waals surface area contributed by atoms with Crippen LogP contribution >= 0.6 is 15.9 Å². The van der Waals surface area contributed by atoms with Gasteiger partial charge in [0.15, 0.2) is 18.2 Å². The lowest BCUT2D eigenvalue weighted by Gasteiger charge is -2.22. The maximum absolute atomic E-state index is 5.92. The summed E-state index contributed by atoms with van der Waals surface area (Å²) in [6.45, 7) is 0.408. The average molecular weight is 357 g/mol. The highest BCUT2D eigenvalue weighted by atomic mass is 79.9. The number of ether oxygens (including phenoxy) is 2. The number of hydrogen-bond acceptors (Lipinski definition) is 3. The third kappa shape index (κ3) is 1.93. The highest BCUT2D eigenvalue weighted by Gasteiger charge is 2.26. The molecule has 0 atom stereocenters. The summed E-state index contributed by atoms with van der Waals surface area (Å²) in [5.41, 5.74) is 3.06. The van der Waals surface area contributed by atoms with Crippen molar-refractivity contribution < 1.29 is 9.47 Å². The fourth-order valence-corrected chi connectivity index (χ4v) is 3.37. The summed E-state index contributed by atoms with van der Waals surface area (Å²) in [6, 6.07) is 16.0. The Kier molecular flexibility index (Phi) is 3.15. The van der Waals surface area contributed by atoms with Gasteiger partial charge in [0, 0.05) is 5.56 Å². The summed E-state index contributed by atoms with van der Waals surface area (Å²) in [7, 11) is 1.64. The maximum atomic E-state index is 5.92. The van der Waals surface area contributed by atoms with Crippen LogP contribution < -0.4 is 9.47 Å². The molecular weight excluding hydrogens is 344 g/mol. The second kappa shape index (κ2) is 5.18. The van der Waals surface area contributed by atoms with E-state index in [4.69, 9.17) is 9.47 Å². The summed E-state index contributed by atoms with van der Waals surface area (Å²) >= 11 is 3.58. The molecule has 4 rings (SSSR count). The van der Waals surface area contributed by atoms with Gasteiger partial charge in [-0.2, -0.15) is 0 Å². The maximum Gasteiger partial charge on any atom is 0.174 e. The molecule has 2 aromatic carbocycles. The zero-order valence-electron chi connectivity index (χ0n) is 11.9. The second-order valence-electron chi connectivity index (χ2n) is 4.98. The molecule has 0 amide bonds. The fraction of sp³-hybridized carbons (Fsp3) is 0.118. The highest BCUT2D eigenvalue weighted by Crippen LogP contribution is 2.43. The quantitative estimate of drug-likeness (QED) is 0.685. The van der Waals surface area contributed by atoms with Crippen LogP contribution in [-0.4, -0.2) is 16.7 Å². The lowest BCUT2D eigenvalue weighted by atomic mass is 10.1. The molecule has 2 heterocycles. The third-order valence-electron chi connectivity index (χ3n) is 3.75. The number of rotatable bonds is 2. The Bertz CT molecular complexity index is 843. The first-order valence-electron chi connectivity index (χ1n) is 6.91. The Balaban J connectivity index is 1.94. The molecule has 0 saturated heterocycles. The minimum absolute atomic E-state index is 0.408. The first kappa shape index (κ1) is 13.4. The monoisotopic (exact) mass is 356 g/mol. The van der Waals surface area contributed by atoms with Gasteiger partial charge in [-0.1, -0.05) is 36.4 Å². The Morgan fingerprint density at radius 1 is 1.14 bits per heavy atom. The number of aromatic nitrogens is 2. The van der Waals surface area contributed by atoms with Gasteiger partial charge in [0.25, 0.3) is 0 Å². The van der Waals surface area contributed by atoms with Crippen LogP contribution in [0.2, 0.25) is 0 Å². The van der Waals surface area contributed by atoms with E-state index in [2.05, 4.69) is 37.6 Å². The van der Waals surface area contributed by atoms with Crippen LogP contribution in [0.25, 0.3) is 22.6 Å². The van der Waals surface area contributed by atoms with Crippen molar-refractivity contribution in [1.29, 1.82) is 0 Å². The van der Waals surface area contributed by atoms with Crippen molar-refractivity contribution in [1.82, 2.24) is 9.55 Å². The summed E-state index contributed by atoms with van der Waals surface area (Å²) in [5.74, 6) is 2.35. The Morgan fingerprint density at radius 2 is 1.95 bits per heavy atom. The topological polar surface area (TPSA) is 36.3 Å². The van der Waals surface area contributed by atoms with Crippen LogP contribution in [0.1, 0.15) is 0 Å². The minimum Gasteiger partial charge on any atom is -0.493 e. The Morgan fingerprint density at radius 3 is 2.73 bits per heavy atom. The molecule has 0 spiro atoms. The molecular formula is C17H13BrN2O2. The van der Waals surface area contributed by atoms with Gasteiger partial charge in [-0.3, -0.25) is 4.57 Å². The molecule has 0 radical (unpaired) electrons. The highest BCUT2D eigenvalue weighted by molar-refractivity contribution is 9.10. The van der Waals surface area contributed by atoms with Crippen molar-refractivity contribution in [3.05, 3.63) is 53.1 Å². The predicted molar refractivity (Wildman–Crippen MR) is 88.0 cm³/mol. The standard InChI is InChI=1S/C17H13BrN2O2/c1-21-13-9-5-8-12-15(13)22-10-20-14(16(18)19-17(12)20)11-6-3-2-4-7-11/h2-9H,10H2,1H3. The van der Waals surface area contributed by atoms with Gasteiger partial charge in [-0.25, -0.2) is 4.98 Å². The molecule has 0 fully saturated rings. The summed E-state index contributed by atoms with van der Waals surface area (Å²) in [6.07, 6.45) is 0. The number of fused-ring (bicyclic) bond motifs is 3. The molecule has 5 heteroatoms. The number of halogens is 1. The van der Waals surface area contributed by atoms with Gasteiger partial charge in [-0.15, -0.1) is 0 Å². The van der Waals surface area contributed by atoms with E-state index in [0.29, 0.717) is 6.73 Å². The van der Waals surface area contributed by atoms with E-state index in [1.807, 2.05) is 36.4 Å². The summed E-state index contributed by atoms with van der Waals surface area (Å²) in [4.78, 5) is 4.69. The van der Waals surface area contributed by atoms with Crippen LogP contribution in [0.5, 0.6) is 11.5 Å². The average Bonchev–Trinajstić information content (AvgIpc) is 2.91. The van der Waals surface area contributed by atoms with Crippen LogP contribution in [0, 0.1) is 0 Å². The van der Waals surface area contributed by atoms with Crippen molar-refractivity contribution in [3.63, 3.8) is 0 Å². The summed E-state index contributed by atoms with van der Waals surface area (Å²) in [5, 5.41) is 0. The number of para-hydroxylation sites is 1. The van der Waals surface area contributed by atoms with E-state index in [0.717, 1.165) is 38.7 Å². The Labute approximate surface area is 136 Å². The molecule has 1 aromatic heterocycles. The van der Waals surface area contributed by atoms with Crippen LogP contribution in [0.3, 0.4) is 0 Å². The number of hydrogen-bond donors (Lipinski definition) is 0. The summed E-state index contributed by atoms with van der Waals surface area (Å²) < 4.78 is 14.2. The van der Waals surface area contributed by atoms with Gasteiger partial charge in [0.2, 0.25) is 0 Å². The first-order chi connectivity index (χ1) is 10.8. The lowest BCUT2D eigenvalue weighted by Crippen LogP contribution is -2.14. The predicted octanol–water partition coefficient (Wildman–Crippen LogP) is 4.34. The van der Waals surface area contributed by atoms with Crippen molar-refractivity contribution in [2.24, 2.45) is 0 Å². The van der Waals surface area contributed by atoms with Gasteiger partial charge < -0.3 is 9.47 Å². The number of imidazole rings is 1. The molecule has 1 aliphatic rings. The van der Waals surface area contributed by atoms with Crippen molar-refractivity contribution in [3.8, 4) is 34.1 Å². The van der Waals surface area contributed by atoms with Gasteiger partial charge >= 0.3 is 0 Å². The molecule has 110 valence electrons. The van der Waals surface area contributed by atoms with E-state index >= 15 is 0 Å². The fourth-order valence-electron chi connectivity index (χ4n) is 2.76. The molecule has 0 bridgehead atoms. The van der Waals surface area contributed by atoms with Gasteiger partial charge in [-0.05, 0) is 28.1 Å². The molecule has 3 aromatic rings. The molecule has 22 heavy (non-hydrogen) atoms. The molecule has 0 unspecified atom stereocenters. The van der Waals surface area contributed by atoms with Gasteiger partial charge in [0.05, 0.1) is 18.4 Å². The second-order valence-corrected chi connectivity index (χ2v) is 5.73.